The molecule has 5 rings (SSSR count). The monoisotopic (exact) mass is 315 g/mol. The number of carbonyl (C=O) groups is 2. The number of nitro groups is 1. The molecule has 3 aliphatic carbocycles. The van der Waals surface area contributed by atoms with Crippen molar-refractivity contribution in [2.75, 3.05) is 0 Å². The van der Waals surface area contributed by atoms with Crippen molar-refractivity contribution in [2.24, 2.45) is 28.8 Å². The Morgan fingerprint density at radius 2 is 1.78 bits per heavy atom. The summed E-state index contributed by atoms with van der Waals surface area (Å²) < 4.78 is 4.94. The number of fused-ring (bicyclic) bond motifs is 1. The molecule has 23 heavy (non-hydrogen) atoms. The molecule has 0 N–H and O–H groups in total. The Morgan fingerprint density at radius 1 is 1.17 bits per heavy atom. The van der Waals surface area contributed by atoms with Gasteiger partial charge in [0.25, 0.3) is 11.8 Å². The van der Waals surface area contributed by atoms with Crippen LogP contribution in [0, 0.1) is 33.8 Å². The van der Waals surface area contributed by atoms with E-state index in [2.05, 4.69) is 5.10 Å². The number of rotatable bonds is 3. The summed E-state index contributed by atoms with van der Waals surface area (Å²) in [6.07, 6.45) is 7.06. The zero-order valence-corrected chi connectivity index (χ0v) is 12.0. The third-order valence-corrected chi connectivity index (χ3v) is 4.83. The van der Waals surface area contributed by atoms with Crippen LogP contribution in [-0.2, 0) is 9.59 Å². The van der Waals surface area contributed by atoms with Crippen molar-refractivity contribution in [3.8, 4) is 0 Å². The van der Waals surface area contributed by atoms with Crippen molar-refractivity contribution >= 4 is 23.9 Å². The molecule has 1 saturated heterocycles. The van der Waals surface area contributed by atoms with E-state index in [0.29, 0.717) is 0 Å². The quantitative estimate of drug-likeness (QED) is 0.277. The lowest BCUT2D eigenvalue weighted by molar-refractivity contribution is -0.402. The van der Waals surface area contributed by atoms with Gasteiger partial charge in [-0.2, -0.15) is 10.1 Å². The second-order valence-corrected chi connectivity index (χ2v) is 6.01. The Labute approximate surface area is 130 Å². The number of hydrazone groups is 1. The van der Waals surface area contributed by atoms with Crippen molar-refractivity contribution in [3.63, 3.8) is 0 Å². The molecule has 0 unspecified atom stereocenters. The zero-order chi connectivity index (χ0) is 16.1. The topological polar surface area (TPSA) is 106 Å². The van der Waals surface area contributed by atoms with Gasteiger partial charge in [-0.1, -0.05) is 12.2 Å². The largest absolute Gasteiger partial charge is 0.433 e. The Balaban J connectivity index is 1.58. The van der Waals surface area contributed by atoms with Gasteiger partial charge >= 0.3 is 5.88 Å². The second-order valence-electron chi connectivity index (χ2n) is 6.01. The SMILES string of the molecule is O=C1[C@H]2[C@H](C(=O)N1/N=C\c1ccc([N+](=O)[O-])o1)[C@@H]1C=C[C@@H]2CC1. The van der Waals surface area contributed by atoms with Gasteiger partial charge in [0, 0.05) is 0 Å². The van der Waals surface area contributed by atoms with E-state index in [1.807, 2.05) is 12.2 Å². The van der Waals surface area contributed by atoms with Crippen molar-refractivity contribution in [3.05, 3.63) is 40.2 Å². The summed E-state index contributed by atoms with van der Waals surface area (Å²) >= 11 is 0. The normalized spacial score (nSPS) is 32.1. The lowest BCUT2D eigenvalue weighted by atomic mass is 9.63. The molecule has 2 heterocycles. The number of hydrogen-bond donors (Lipinski definition) is 0. The maximum atomic E-state index is 12.5. The van der Waals surface area contributed by atoms with E-state index in [-0.39, 0.29) is 41.2 Å². The average molecular weight is 315 g/mol. The number of furan rings is 1. The number of imide groups is 1. The zero-order valence-electron chi connectivity index (χ0n) is 12.0. The van der Waals surface area contributed by atoms with Gasteiger partial charge in [0.1, 0.15) is 4.92 Å². The van der Waals surface area contributed by atoms with Gasteiger partial charge < -0.3 is 4.42 Å². The van der Waals surface area contributed by atoms with E-state index in [4.69, 9.17) is 4.42 Å². The van der Waals surface area contributed by atoms with Crippen LogP contribution in [0.5, 0.6) is 0 Å². The van der Waals surface area contributed by atoms with Gasteiger partial charge in [-0.05, 0) is 30.7 Å². The van der Waals surface area contributed by atoms with Crippen molar-refractivity contribution < 1.29 is 18.9 Å². The second kappa shape index (κ2) is 4.87. The molecule has 4 atom stereocenters. The van der Waals surface area contributed by atoms with Crippen LogP contribution in [0.2, 0.25) is 0 Å². The Bertz CT molecular complexity index is 733. The van der Waals surface area contributed by atoms with Crippen LogP contribution >= 0.6 is 0 Å². The van der Waals surface area contributed by atoms with Crippen molar-refractivity contribution in [1.82, 2.24) is 5.01 Å². The summed E-state index contributed by atoms with van der Waals surface area (Å²) in [5.41, 5.74) is 0. The van der Waals surface area contributed by atoms with Gasteiger partial charge in [0.05, 0.1) is 24.1 Å². The molecule has 2 amide bonds. The van der Waals surface area contributed by atoms with Crippen LogP contribution in [0.1, 0.15) is 18.6 Å². The maximum Gasteiger partial charge on any atom is 0.433 e. The lowest BCUT2D eigenvalue weighted by Gasteiger charge is -2.37. The summed E-state index contributed by atoms with van der Waals surface area (Å²) in [5, 5.41) is 15.4. The fraction of sp³-hybridized carbons (Fsp3) is 0.400. The number of nitrogens with zero attached hydrogens (tertiary/aromatic N) is 3. The minimum Gasteiger partial charge on any atom is -0.400 e. The summed E-state index contributed by atoms with van der Waals surface area (Å²) in [7, 11) is 0. The molecule has 1 saturated carbocycles. The lowest BCUT2D eigenvalue weighted by Crippen LogP contribution is -2.38. The molecule has 1 aromatic heterocycles. The molecule has 4 aliphatic rings. The van der Waals surface area contributed by atoms with E-state index >= 15 is 0 Å². The standard InChI is InChI=1S/C15H13N3O5/c19-14-12-8-1-2-9(4-3-8)13(12)15(20)17(14)16-7-10-5-6-11(23-10)18(21)22/h1-2,5-9,12-13H,3-4H2/b16-7-/t8-,9-,12-,13-/m1/s1. The number of carbonyl (C=O) groups excluding carboxylic acids is 2. The molecule has 1 aromatic rings. The first-order chi connectivity index (χ1) is 11.1. The van der Waals surface area contributed by atoms with Crippen molar-refractivity contribution in [1.29, 1.82) is 0 Å². The fourth-order valence-corrected chi connectivity index (χ4v) is 3.80. The molecule has 8 heteroatoms. The molecule has 2 fully saturated rings. The summed E-state index contributed by atoms with van der Waals surface area (Å²) in [5.74, 6) is -1.33. The summed E-state index contributed by atoms with van der Waals surface area (Å²) in [6, 6.07) is 2.56. The highest BCUT2D eigenvalue weighted by Gasteiger charge is 2.56. The van der Waals surface area contributed by atoms with Crippen LogP contribution in [-0.4, -0.2) is 28.0 Å². The van der Waals surface area contributed by atoms with Gasteiger partial charge in [0.15, 0.2) is 5.76 Å². The number of amides is 2. The molecule has 118 valence electrons. The Morgan fingerprint density at radius 3 is 2.26 bits per heavy atom. The van der Waals surface area contributed by atoms with E-state index in [0.717, 1.165) is 24.1 Å². The van der Waals surface area contributed by atoms with Gasteiger partial charge in [-0.15, -0.1) is 0 Å². The predicted molar refractivity (Wildman–Crippen MR) is 77.1 cm³/mol. The first-order valence-electron chi connectivity index (χ1n) is 7.40. The first-order valence-corrected chi connectivity index (χ1v) is 7.40. The van der Waals surface area contributed by atoms with Crippen LogP contribution in [0.25, 0.3) is 0 Å². The molecule has 0 spiro atoms. The van der Waals surface area contributed by atoms with E-state index < -0.39 is 10.8 Å². The van der Waals surface area contributed by atoms with E-state index in [9.17, 15) is 19.7 Å². The summed E-state index contributed by atoms with van der Waals surface area (Å²) in [6.45, 7) is 0. The van der Waals surface area contributed by atoms with E-state index in [1.54, 1.807) is 0 Å². The van der Waals surface area contributed by atoms with Crippen LogP contribution in [0.15, 0.2) is 33.8 Å². The molecule has 0 aromatic carbocycles. The van der Waals surface area contributed by atoms with Crippen LogP contribution < -0.4 is 0 Å². The third-order valence-electron chi connectivity index (χ3n) is 4.83. The number of hydrogen-bond acceptors (Lipinski definition) is 6. The maximum absolute atomic E-state index is 12.5. The molecule has 8 nitrogen and oxygen atoms in total. The van der Waals surface area contributed by atoms with Gasteiger partial charge in [-0.3, -0.25) is 19.7 Å². The first kappa shape index (κ1) is 13.9. The third kappa shape index (κ3) is 2.01. The Kier molecular flexibility index (Phi) is 2.93. The molecule has 0 radical (unpaired) electrons. The molecular weight excluding hydrogens is 302 g/mol. The smallest absolute Gasteiger partial charge is 0.400 e. The molecule has 2 bridgehead atoms. The summed E-state index contributed by atoms with van der Waals surface area (Å²) in [4.78, 5) is 34.9. The van der Waals surface area contributed by atoms with Gasteiger partial charge in [-0.25, -0.2) is 0 Å². The minimum atomic E-state index is -0.665. The molecular formula is C15H13N3O5. The van der Waals surface area contributed by atoms with Crippen LogP contribution in [0.4, 0.5) is 5.88 Å². The fourth-order valence-electron chi connectivity index (χ4n) is 3.80. The Hall–Kier alpha value is -2.77. The molecule has 1 aliphatic heterocycles. The predicted octanol–water partition coefficient (Wildman–Crippen LogP) is 1.72. The highest BCUT2D eigenvalue weighted by molar-refractivity contribution is 6.06. The van der Waals surface area contributed by atoms with Crippen LogP contribution in [0.3, 0.4) is 0 Å². The van der Waals surface area contributed by atoms with E-state index in [1.165, 1.54) is 12.1 Å². The highest BCUT2D eigenvalue weighted by Crippen LogP contribution is 2.49. The highest BCUT2D eigenvalue weighted by atomic mass is 16.6. The van der Waals surface area contributed by atoms with Crippen molar-refractivity contribution in [2.45, 2.75) is 12.8 Å². The van der Waals surface area contributed by atoms with Gasteiger partial charge in [0.2, 0.25) is 0 Å². The minimum absolute atomic E-state index is 0.103. The number of allylic oxidation sites excluding steroid dienone is 2. The average Bonchev–Trinajstić information content (AvgIpc) is 3.13.